The summed E-state index contributed by atoms with van der Waals surface area (Å²) < 4.78 is 5.47. The first-order valence-electron chi connectivity index (χ1n) is 10.2. The van der Waals surface area contributed by atoms with Gasteiger partial charge in [0.2, 0.25) is 5.95 Å². The van der Waals surface area contributed by atoms with Crippen molar-refractivity contribution >= 4 is 11.9 Å². The molecule has 1 heterocycles. The smallest absolute Gasteiger partial charge is 0.304 e. The second kappa shape index (κ2) is 9.48. The normalized spacial score (nSPS) is 11.0. The van der Waals surface area contributed by atoms with Gasteiger partial charge in [0.15, 0.2) is 0 Å². The maximum absolute atomic E-state index is 11.4. The van der Waals surface area contributed by atoms with Crippen LogP contribution in [0.15, 0.2) is 48.8 Å². The molecule has 0 fully saturated rings. The average Bonchev–Trinajstić information content (AvgIpc) is 2.76. The number of nitrogens with zero attached hydrogens (tertiary/aromatic N) is 3. The molecule has 0 saturated heterocycles. The molecular weight excluding hydrogens is 404 g/mol. The van der Waals surface area contributed by atoms with Crippen LogP contribution < -0.4 is 10.1 Å². The maximum Gasteiger partial charge on any atom is 0.304 e. The van der Waals surface area contributed by atoms with Crippen LogP contribution in [0, 0.1) is 18.3 Å². The largest absolute Gasteiger partial charge is 0.495 e. The lowest BCUT2D eigenvalue weighted by Gasteiger charge is -2.26. The van der Waals surface area contributed by atoms with Crippen LogP contribution in [0.3, 0.4) is 0 Å². The molecule has 0 radical (unpaired) electrons. The molecule has 0 aliphatic carbocycles. The molecule has 0 atom stereocenters. The Morgan fingerprint density at radius 1 is 1.19 bits per heavy atom. The lowest BCUT2D eigenvalue weighted by molar-refractivity contribution is -0.138. The summed E-state index contributed by atoms with van der Waals surface area (Å²) in [6.07, 6.45) is 3.26. The van der Waals surface area contributed by atoms with E-state index < -0.39 is 11.4 Å². The summed E-state index contributed by atoms with van der Waals surface area (Å²) in [5.41, 5.74) is 4.01. The summed E-state index contributed by atoms with van der Waals surface area (Å²) >= 11 is 0. The summed E-state index contributed by atoms with van der Waals surface area (Å²) in [5.74, 6) is -0.0381. The number of anilines is 1. The Kier molecular flexibility index (Phi) is 6.74. The third-order valence-corrected chi connectivity index (χ3v) is 5.25. The Morgan fingerprint density at radius 3 is 2.50 bits per heavy atom. The zero-order valence-corrected chi connectivity index (χ0v) is 18.6. The van der Waals surface area contributed by atoms with Crippen molar-refractivity contribution < 1.29 is 14.6 Å². The zero-order chi connectivity index (χ0) is 23.3. The van der Waals surface area contributed by atoms with Crippen LogP contribution in [0.25, 0.3) is 11.1 Å². The highest BCUT2D eigenvalue weighted by molar-refractivity contribution is 5.72. The van der Waals surface area contributed by atoms with Gasteiger partial charge in [0.05, 0.1) is 19.1 Å². The molecule has 7 nitrogen and oxygen atoms in total. The second-order valence-corrected chi connectivity index (χ2v) is 8.31. The molecule has 32 heavy (non-hydrogen) atoms. The number of nitrogens with one attached hydrogen (secondary N) is 1. The van der Waals surface area contributed by atoms with Crippen molar-refractivity contribution in [3.8, 4) is 22.9 Å². The number of nitriles is 1. The first-order chi connectivity index (χ1) is 15.2. The molecule has 2 aromatic carbocycles. The first kappa shape index (κ1) is 22.8. The van der Waals surface area contributed by atoms with Gasteiger partial charge >= 0.3 is 5.97 Å². The third-order valence-electron chi connectivity index (χ3n) is 5.25. The molecule has 0 aliphatic rings. The number of aromatic nitrogens is 2. The first-order valence-corrected chi connectivity index (χ1v) is 10.2. The van der Waals surface area contributed by atoms with Gasteiger partial charge in [0, 0.05) is 35.5 Å². The van der Waals surface area contributed by atoms with E-state index in [9.17, 15) is 15.2 Å². The van der Waals surface area contributed by atoms with Gasteiger partial charge in [-0.1, -0.05) is 43.7 Å². The van der Waals surface area contributed by atoms with Gasteiger partial charge < -0.3 is 15.2 Å². The Balaban J connectivity index is 1.91. The number of rotatable bonds is 8. The maximum atomic E-state index is 11.4. The molecule has 0 unspecified atom stereocenters. The van der Waals surface area contributed by atoms with Crippen molar-refractivity contribution in [2.24, 2.45) is 0 Å². The van der Waals surface area contributed by atoms with Crippen molar-refractivity contribution in [2.75, 3.05) is 12.4 Å². The Hall–Kier alpha value is -3.92. The topological polar surface area (TPSA) is 108 Å². The minimum atomic E-state index is -0.923. The molecule has 3 rings (SSSR count). The molecule has 0 amide bonds. The summed E-state index contributed by atoms with van der Waals surface area (Å²) in [7, 11) is 1.48. The van der Waals surface area contributed by atoms with E-state index in [2.05, 4.69) is 27.4 Å². The molecule has 0 bridgehead atoms. The number of hydrogen-bond donors (Lipinski definition) is 2. The highest BCUT2D eigenvalue weighted by Gasteiger charge is 2.29. The minimum Gasteiger partial charge on any atom is -0.495 e. The van der Waals surface area contributed by atoms with Crippen LogP contribution in [-0.4, -0.2) is 28.2 Å². The summed E-state index contributed by atoms with van der Waals surface area (Å²) in [5, 5.41) is 22.2. The monoisotopic (exact) mass is 430 g/mol. The van der Waals surface area contributed by atoms with E-state index in [1.165, 1.54) is 12.7 Å². The van der Waals surface area contributed by atoms with E-state index in [4.69, 9.17) is 4.74 Å². The standard InChI is InChI=1S/C25H26N4O3/c1-16-6-5-7-17(8-16)13-27-24-28-14-20(15-29-24)18-9-19(12-26)23(32-4)21(10-18)25(2,3)11-22(30)31/h5-10,14-15H,11,13H2,1-4H3,(H,30,31)(H,27,28,29). The summed E-state index contributed by atoms with van der Waals surface area (Å²) in [6.45, 7) is 6.29. The molecule has 7 heteroatoms. The Labute approximate surface area is 187 Å². The fraction of sp³-hybridized carbons (Fsp3) is 0.280. The molecule has 2 N–H and O–H groups in total. The van der Waals surface area contributed by atoms with E-state index in [1.54, 1.807) is 18.5 Å². The van der Waals surface area contributed by atoms with Crippen LogP contribution in [0.2, 0.25) is 0 Å². The molecule has 0 saturated carbocycles. The van der Waals surface area contributed by atoms with Crippen LogP contribution in [0.4, 0.5) is 5.95 Å². The second-order valence-electron chi connectivity index (χ2n) is 8.31. The van der Waals surface area contributed by atoms with Gasteiger partial charge in [-0.05, 0) is 30.2 Å². The lowest BCUT2D eigenvalue weighted by Crippen LogP contribution is -2.23. The fourth-order valence-electron chi connectivity index (χ4n) is 3.65. The van der Waals surface area contributed by atoms with Gasteiger partial charge in [-0.15, -0.1) is 0 Å². The average molecular weight is 431 g/mol. The Morgan fingerprint density at radius 2 is 1.91 bits per heavy atom. The van der Waals surface area contributed by atoms with E-state index in [-0.39, 0.29) is 6.42 Å². The van der Waals surface area contributed by atoms with Crippen LogP contribution in [0.5, 0.6) is 5.75 Å². The number of carboxylic acid groups (broad SMARTS) is 1. The zero-order valence-electron chi connectivity index (χ0n) is 18.6. The number of carboxylic acids is 1. The highest BCUT2D eigenvalue weighted by atomic mass is 16.5. The molecule has 3 aromatic rings. The number of aryl methyl sites for hydroxylation is 1. The van der Waals surface area contributed by atoms with Gasteiger partial charge in [0.25, 0.3) is 0 Å². The van der Waals surface area contributed by atoms with Gasteiger partial charge in [-0.2, -0.15) is 5.26 Å². The van der Waals surface area contributed by atoms with Crippen molar-refractivity contribution in [2.45, 2.75) is 39.2 Å². The predicted molar refractivity (Wildman–Crippen MR) is 123 cm³/mol. The van der Waals surface area contributed by atoms with E-state index in [1.807, 2.05) is 45.0 Å². The highest BCUT2D eigenvalue weighted by Crippen LogP contribution is 2.39. The number of ether oxygens (including phenoxy) is 1. The number of carbonyl (C=O) groups is 1. The number of methoxy groups -OCH3 is 1. The van der Waals surface area contributed by atoms with Gasteiger partial charge in [-0.25, -0.2) is 9.97 Å². The van der Waals surface area contributed by atoms with E-state index in [0.29, 0.717) is 29.4 Å². The summed E-state index contributed by atoms with van der Waals surface area (Å²) in [4.78, 5) is 20.2. The van der Waals surface area contributed by atoms with Gasteiger partial charge in [-0.3, -0.25) is 4.79 Å². The quantitative estimate of drug-likeness (QED) is 0.533. The molecular formula is C25H26N4O3. The van der Waals surface area contributed by atoms with E-state index >= 15 is 0 Å². The van der Waals surface area contributed by atoms with Crippen molar-refractivity contribution in [1.29, 1.82) is 5.26 Å². The molecule has 0 aliphatic heterocycles. The minimum absolute atomic E-state index is 0.101. The van der Waals surface area contributed by atoms with Crippen LogP contribution in [0.1, 0.15) is 42.5 Å². The third kappa shape index (κ3) is 5.22. The molecule has 164 valence electrons. The van der Waals surface area contributed by atoms with Crippen molar-refractivity contribution in [3.05, 3.63) is 71.0 Å². The van der Waals surface area contributed by atoms with Crippen LogP contribution >= 0.6 is 0 Å². The SMILES string of the molecule is COc1c(C#N)cc(-c2cnc(NCc3cccc(C)c3)nc2)cc1C(C)(C)CC(=O)O. The Bertz CT molecular complexity index is 1160. The number of hydrogen-bond acceptors (Lipinski definition) is 6. The lowest BCUT2D eigenvalue weighted by atomic mass is 9.79. The fourth-order valence-corrected chi connectivity index (χ4v) is 3.65. The molecule has 0 spiro atoms. The van der Waals surface area contributed by atoms with Crippen molar-refractivity contribution in [3.63, 3.8) is 0 Å². The number of benzene rings is 2. The number of aliphatic carboxylic acids is 1. The van der Waals surface area contributed by atoms with Gasteiger partial charge in [0.1, 0.15) is 11.8 Å². The summed E-state index contributed by atoms with van der Waals surface area (Å²) in [6, 6.07) is 13.9. The van der Waals surface area contributed by atoms with E-state index in [0.717, 1.165) is 16.7 Å². The van der Waals surface area contributed by atoms with Crippen LogP contribution in [-0.2, 0) is 16.8 Å². The molecule has 1 aromatic heterocycles. The predicted octanol–water partition coefficient (Wildman–Crippen LogP) is 4.70. The van der Waals surface area contributed by atoms with Crippen molar-refractivity contribution in [1.82, 2.24) is 9.97 Å².